The molecule has 0 saturated carbocycles. The molecule has 0 aliphatic carbocycles. The summed E-state index contributed by atoms with van der Waals surface area (Å²) in [6, 6.07) is 12.8. The predicted octanol–water partition coefficient (Wildman–Crippen LogP) is 1.77. The van der Waals surface area contributed by atoms with Crippen molar-refractivity contribution in [3.63, 3.8) is 0 Å². The van der Waals surface area contributed by atoms with E-state index in [9.17, 15) is 14.4 Å². The van der Waals surface area contributed by atoms with Crippen LogP contribution in [0.5, 0.6) is 5.75 Å². The van der Waals surface area contributed by atoms with Gasteiger partial charge in [0.1, 0.15) is 17.6 Å². The van der Waals surface area contributed by atoms with E-state index in [1.165, 1.54) is 25.4 Å². The molecule has 0 radical (unpaired) electrons. The van der Waals surface area contributed by atoms with E-state index < -0.39 is 5.69 Å². The summed E-state index contributed by atoms with van der Waals surface area (Å²) in [4.78, 5) is 38.1. The van der Waals surface area contributed by atoms with Crippen LogP contribution in [0.3, 0.4) is 0 Å². The number of hydrogen-bond acceptors (Lipinski definition) is 6. The van der Waals surface area contributed by atoms with Crippen molar-refractivity contribution in [2.45, 2.75) is 20.0 Å². The first-order chi connectivity index (χ1) is 16.4. The zero-order valence-corrected chi connectivity index (χ0v) is 18.9. The second kappa shape index (κ2) is 8.14. The van der Waals surface area contributed by atoms with E-state index in [1.54, 1.807) is 31.4 Å². The highest BCUT2D eigenvalue weighted by molar-refractivity contribution is 5.76. The van der Waals surface area contributed by atoms with E-state index in [4.69, 9.17) is 4.74 Å². The molecule has 0 amide bonds. The second-order valence-corrected chi connectivity index (χ2v) is 8.18. The van der Waals surface area contributed by atoms with Crippen LogP contribution in [0.1, 0.15) is 27.0 Å². The van der Waals surface area contributed by atoms with Crippen LogP contribution in [0, 0.1) is 6.92 Å². The van der Waals surface area contributed by atoms with Crippen molar-refractivity contribution in [1.29, 1.82) is 0 Å². The fourth-order valence-corrected chi connectivity index (χ4v) is 4.07. The van der Waals surface area contributed by atoms with Gasteiger partial charge in [-0.2, -0.15) is 5.10 Å². The van der Waals surface area contributed by atoms with Gasteiger partial charge in [-0.25, -0.2) is 13.9 Å². The highest BCUT2D eigenvalue weighted by Crippen LogP contribution is 2.20. The van der Waals surface area contributed by atoms with Crippen molar-refractivity contribution in [3.05, 3.63) is 91.8 Å². The molecule has 172 valence electrons. The molecule has 0 bridgehead atoms. The SMILES string of the molecule is COc1ccc(C=O)cc1Cn1nc2n(Cc3ccc(C)cc3)c(=O)c3nn(C)cc3n2c1=O. The third kappa shape index (κ3) is 3.49. The number of aryl methyl sites for hydroxylation is 2. The van der Waals surface area contributed by atoms with Gasteiger partial charge in [-0.1, -0.05) is 29.8 Å². The predicted molar refractivity (Wildman–Crippen MR) is 126 cm³/mol. The molecule has 5 aromatic rings. The van der Waals surface area contributed by atoms with Crippen molar-refractivity contribution < 1.29 is 9.53 Å². The van der Waals surface area contributed by atoms with Gasteiger partial charge in [-0.05, 0) is 30.7 Å². The summed E-state index contributed by atoms with van der Waals surface area (Å²) in [6.45, 7) is 2.28. The highest BCUT2D eigenvalue weighted by atomic mass is 16.5. The number of fused-ring (bicyclic) bond motifs is 3. The Labute approximate surface area is 193 Å². The minimum absolute atomic E-state index is 0.0614. The Morgan fingerprint density at radius 1 is 1.03 bits per heavy atom. The smallest absolute Gasteiger partial charge is 0.352 e. The normalized spacial score (nSPS) is 11.4. The lowest BCUT2D eigenvalue weighted by atomic mass is 10.1. The summed E-state index contributed by atoms with van der Waals surface area (Å²) in [5, 5.41) is 8.81. The highest BCUT2D eigenvalue weighted by Gasteiger charge is 2.20. The van der Waals surface area contributed by atoms with Crippen LogP contribution in [0.4, 0.5) is 0 Å². The average molecular weight is 458 g/mol. The number of methoxy groups -OCH3 is 1. The van der Waals surface area contributed by atoms with Gasteiger partial charge in [0.15, 0.2) is 5.52 Å². The van der Waals surface area contributed by atoms with Crippen molar-refractivity contribution in [2.75, 3.05) is 7.11 Å². The third-order valence-corrected chi connectivity index (χ3v) is 5.78. The minimum atomic E-state index is -0.427. The number of nitrogens with zero attached hydrogens (tertiary/aromatic N) is 6. The van der Waals surface area contributed by atoms with Crippen molar-refractivity contribution in [1.82, 2.24) is 28.5 Å². The van der Waals surface area contributed by atoms with Crippen LogP contribution in [0.2, 0.25) is 0 Å². The fourth-order valence-electron chi connectivity index (χ4n) is 4.07. The Morgan fingerprint density at radius 2 is 1.79 bits per heavy atom. The zero-order valence-electron chi connectivity index (χ0n) is 18.9. The molecule has 0 spiro atoms. The molecule has 3 heterocycles. The topological polar surface area (TPSA) is 105 Å². The number of carbonyl (C=O) groups excluding carboxylic acids is 1. The van der Waals surface area contributed by atoms with E-state index in [2.05, 4.69) is 10.2 Å². The standard InChI is InChI=1S/C24H22N6O4/c1-15-4-6-16(7-5-15)11-28-22(32)21-19(13-27(2)25-21)30-23(28)26-29(24(30)33)12-18-10-17(14-31)8-9-20(18)34-3/h4-10,13-14H,11-12H2,1-3H3. The van der Waals surface area contributed by atoms with E-state index in [0.29, 0.717) is 22.4 Å². The first-order valence-corrected chi connectivity index (χ1v) is 10.6. The Kier molecular flexibility index (Phi) is 5.12. The van der Waals surface area contributed by atoms with Crippen LogP contribution in [0.15, 0.2) is 58.3 Å². The third-order valence-electron chi connectivity index (χ3n) is 5.78. The van der Waals surface area contributed by atoms with Gasteiger partial charge in [0.2, 0.25) is 5.78 Å². The lowest BCUT2D eigenvalue weighted by Crippen LogP contribution is -2.26. The van der Waals surface area contributed by atoms with Gasteiger partial charge in [-0.3, -0.25) is 18.8 Å². The Bertz CT molecular complexity index is 1670. The van der Waals surface area contributed by atoms with E-state index >= 15 is 0 Å². The number of rotatable bonds is 6. The molecule has 0 saturated heterocycles. The van der Waals surface area contributed by atoms with Crippen molar-refractivity contribution >= 4 is 23.1 Å². The Morgan fingerprint density at radius 3 is 2.50 bits per heavy atom. The first kappa shape index (κ1) is 21.4. The maximum Gasteiger partial charge on any atom is 0.352 e. The van der Waals surface area contributed by atoms with E-state index in [0.717, 1.165) is 17.4 Å². The molecule has 3 aromatic heterocycles. The lowest BCUT2D eigenvalue weighted by Gasteiger charge is -2.08. The second-order valence-electron chi connectivity index (χ2n) is 8.18. The molecule has 10 nitrogen and oxygen atoms in total. The molecule has 0 atom stereocenters. The van der Waals surface area contributed by atoms with Gasteiger partial charge in [0, 0.05) is 24.4 Å². The molecule has 0 aliphatic rings. The van der Waals surface area contributed by atoms with E-state index in [1.807, 2.05) is 31.2 Å². The zero-order chi connectivity index (χ0) is 24.0. The molecule has 10 heteroatoms. The van der Waals surface area contributed by atoms with E-state index in [-0.39, 0.29) is 29.9 Å². The summed E-state index contributed by atoms with van der Waals surface area (Å²) in [5.41, 5.74) is 2.88. The molecule has 0 N–H and O–H groups in total. The number of hydrogen-bond donors (Lipinski definition) is 0. The average Bonchev–Trinajstić information content (AvgIpc) is 3.37. The van der Waals surface area contributed by atoms with Crippen LogP contribution < -0.4 is 16.0 Å². The first-order valence-electron chi connectivity index (χ1n) is 10.6. The molecule has 5 rings (SSSR count). The molecule has 2 aromatic carbocycles. The Hall–Kier alpha value is -4.47. The van der Waals surface area contributed by atoms with Crippen LogP contribution in [0.25, 0.3) is 16.8 Å². The molecule has 0 aliphatic heterocycles. The van der Waals surface area contributed by atoms with Crippen LogP contribution in [-0.2, 0) is 20.1 Å². The maximum atomic E-state index is 13.5. The summed E-state index contributed by atoms with van der Waals surface area (Å²) in [5.74, 6) is 0.736. The Balaban J connectivity index is 1.73. The number of aldehydes is 1. The number of carbonyl (C=O) groups is 1. The van der Waals surface area contributed by atoms with Crippen molar-refractivity contribution in [3.8, 4) is 5.75 Å². The monoisotopic (exact) mass is 458 g/mol. The molecular formula is C24H22N6O4. The van der Waals surface area contributed by atoms with Gasteiger partial charge in [0.05, 0.1) is 20.2 Å². The largest absolute Gasteiger partial charge is 0.496 e. The van der Waals surface area contributed by atoms with Crippen LogP contribution in [-0.4, -0.2) is 41.9 Å². The van der Waals surface area contributed by atoms with Gasteiger partial charge in [0.25, 0.3) is 5.56 Å². The molecule has 0 unspecified atom stereocenters. The van der Waals surface area contributed by atoms with Gasteiger partial charge >= 0.3 is 5.69 Å². The van der Waals surface area contributed by atoms with Crippen molar-refractivity contribution in [2.24, 2.45) is 7.05 Å². The summed E-state index contributed by atoms with van der Waals surface area (Å²) in [7, 11) is 3.21. The maximum absolute atomic E-state index is 13.5. The fraction of sp³-hybridized carbons (Fsp3) is 0.208. The summed E-state index contributed by atoms with van der Waals surface area (Å²) in [6.07, 6.45) is 2.36. The van der Waals surface area contributed by atoms with Crippen LogP contribution >= 0.6 is 0 Å². The molecule has 34 heavy (non-hydrogen) atoms. The quantitative estimate of drug-likeness (QED) is 0.359. The number of aromatic nitrogens is 6. The molecule has 0 fully saturated rings. The number of ether oxygens (including phenoxy) is 1. The summed E-state index contributed by atoms with van der Waals surface area (Å²) < 4.78 is 11.0. The summed E-state index contributed by atoms with van der Waals surface area (Å²) >= 11 is 0. The number of benzene rings is 2. The van der Waals surface area contributed by atoms with Gasteiger partial charge < -0.3 is 4.74 Å². The lowest BCUT2D eigenvalue weighted by molar-refractivity contribution is 0.112. The van der Waals surface area contributed by atoms with Gasteiger partial charge in [-0.15, -0.1) is 5.10 Å². The minimum Gasteiger partial charge on any atom is -0.496 e. The molecular weight excluding hydrogens is 436 g/mol.